The third-order valence-electron chi connectivity index (χ3n) is 3.03. The van der Waals surface area contributed by atoms with E-state index >= 15 is 0 Å². The molecule has 130 valence electrons. The summed E-state index contributed by atoms with van der Waals surface area (Å²) >= 11 is 29.5. The van der Waals surface area contributed by atoms with Crippen LogP contribution in [0.1, 0.15) is 17.6 Å². The highest BCUT2D eigenvalue weighted by Gasteiger charge is 2.33. The zero-order valence-corrected chi connectivity index (χ0v) is 14.9. The van der Waals surface area contributed by atoms with Crippen molar-refractivity contribution in [3.05, 3.63) is 54.4 Å². The topological polar surface area (TPSA) is 0 Å². The predicted octanol–water partition coefficient (Wildman–Crippen LogP) is 8.58. The number of hydrogen-bond acceptors (Lipinski definition) is 0. The molecule has 0 fully saturated rings. The first kappa shape index (κ1) is 19.9. The summed E-state index contributed by atoms with van der Waals surface area (Å²) in [5.74, 6) is 0. The zero-order chi connectivity index (χ0) is 18.4. The highest BCUT2D eigenvalue weighted by Crippen LogP contribution is 2.49. The highest BCUT2D eigenvalue weighted by atomic mass is 35.5. The van der Waals surface area contributed by atoms with Gasteiger partial charge < -0.3 is 0 Å². The van der Waals surface area contributed by atoms with Crippen LogP contribution in [0.3, 0.4) is 0 Å². The maximum Gasteiger partial charge on any atom is 0.416 e. The maximum absolute atomic E-state index is 13.0. The number of hydrogen-bond donors (Lipinski definition) is 0. The Morgan fingerprint density at radius 1 is 0.708 bits per heavy atom. The van der Waals surface area contributed by atoms with E-state index in [-0.39, 0.29) is 36.2 Å². The quantitative estimate of drug-likeness (QED) is 0.247. The Bertz CT molecular complexity index is 772. The largest absolute Gasteiger partial charge is 0.416 e. The van der Waals surface area contributed by atoms with Crippen molar-refractivity contribution in [2.75, 3.05) is 0 Å². The summed E-state index contributed by atoms with van der Waals surface area (Å²) in [4.78, 5) is 0. The summed E-state index contributed by atoms with van der Waals surface area (Å²) in [6.07, 6.45) is -7.99. The second-order valence-corrected chi connectivity index (χ2v) is 6.48. The van der Waals surface area contributed by atoms with Gasteiger partial charge in [0.2, 0.25) is 0 Å². The summed E-state index contributed by atoms with van der Waals surface area (Å²) in [7, 11) is 0. The molecule has 10 heteroatoms. The molecular formula is C14H4Cl5F5. The van der Waals surface area contributed by atoms with Gasteiger partial charge in [-0.2, -0.15) is 13.2 Å². The van der Waals surface area contributed by atoms with Gasteiger partial charge >= 0.3 is 6.18 Å². The van der Waals surface area contributed by atoms with Gasteiger partial charge in [-0.1, -0.05) is 58.0 Å². The number of benzene rings is 2. The molecule has 0 radical (unpaired) electrons. The minimum Gasteiger partial charge on any atom is -0.205 e. The van der Waals surface area contributed by atoms with E-state index in [1.807, 2.05) is 0 Å². The highest BCUT2D eigenvalue weighted by molar-refractivity contribution is 6.56. The van der Waals surface area contributed by atoms with E-state index in [0.29, 0.717) is 12.1 Å². The molecule has 0 bridgehead atoms. The molecular weight excluding hydrogens is 440 g/mol. The molecule has 0 nitrogen and oxygen atoms in total. The van der Waals surface area contributed by atoms with Crippen molar-refractivity contribution in [3.8, 4) is 11.1 Å². The first-order valence-electron chi connectivity index (χ1n) is 5.97. The Hall–Kier alpha value is -0.460. The third kappa shape index (κ3) is 3.70. The standard InChI is InChI=1S/C14H4Cl5F5/c15-8-7(9(16)11(18)12(19)10(8)17)4-1-5(13(20)21)3-6(2-4)14(22,23)24/h1-3,13H. The van der Waals surface area contributed by atoms with Gasteiger partial charge in [-0.25, -0.2) is 8.78 Å². The number of alkyl halides is 5. The van der Waals surface area contributed by atoms with Crippen molar-refractivity contribution >= 4 is 58.0 Å². The lowest BCUT2D eigenvalue weighted by atomic mass is 9.99. The van der Waals surface area contributed by atoms with Gasteiger partial charge in [0.1, 0.15) is 0 Å². The lowest BCUT2D eigenvalue weighted by molar-refractivity contribution is -0.137. The number of halogens is 10. The van der Waals surface area contributed by atoms with Crippen LogP contribution in [-0.2, 0) is 6.18 Å². The normalized spacial score (nSPS) is 12.1. The minimum absolute atomic E-state index is 0.196. The van der Waals surface area contributed by atoms with Crippen LogP contribution >= 0.6 is 58.0 Å². The monoisotopic (exact) mass is 442 g/mol. The summed E-state index contributed by atoms with van der Waals surface area (Å²) in [6, 6.07) is 1.79. The van der Waals surface area contributed by atoms with Crippen LogP contribution < -0.4 is 0 Å². The molecule has 0 N–H and O–H groups in total. The average Bonchev–Trinajstić information content (AvgIpc) is 2.50. The smallest absolute Gasteiger partial charge is 0.205 e. The van der Waals surface area contributed by atoms with Gasteiger partial charge in [-0.05, 0) is 23.8 Å². The van der Waals surface area contributed by atoms with Crippen LogP contribution in [0.2, 0.25) is 25.1 Å². The molecule has 0 aliphatic rings. The third-order valence-corrected chi connectivity index (χ3v) is 5.31. The molecule has 0 saturated carbocycles. The summed E-state index contributed by atoms with van der Waals surface area (Å²) in [5, 5.41) is -1.29. The second kappa shape index (κ2) is 7.04. The molecule has 2 rings (SSSR count). The van der Waals surface area contributed by atoms with Crippen molar-refractivity contribution in [1.82, 2.24) is 0 Å². The molecule has 0 unspecified atom stereocenters. The van der Waals surface area contributed by atoms with Crippen LogP contribution in [0, 0.1) is 0 Å². The summed E-state index contributed by atoms with van der Waals surface area (Å²) in [6.45, 7) is 0. The molecule has 0 aliphatic heterocycles. The molecule has 2 aromatic carbocycles. The van der Waals surface area contributed by atoms with Crippen molar-refractivity contribution in [1.29, 1.82) is 0 Å². The second-order valence-electron chi connectivity index (χ2n) is 4.59. The Morgan fingerprint density at radius 3 is 1.58 bits per heavy atom. The Labute approximate surface area is 158 Å². The number of rotatable bonds is 2. The fourth-order valence-corrected chi connectivity index (χ4v) is 3.30. The minimum atomic E-state index is -4.85. The van der Waals surface area contributed by atoms with Gasteiger partial charge in [0.05, 0.1) is 30.7 Å². The average molecular weight is 444 g/mol. The molecule has 0 saturated heterocycles. The van der Waals surface area contributed by atoms with Crippen molar-refractivity contribution in [2.45, 2.75) is 12.6 Å². The molecule has 0 aliphatic carbocycles. The van der Waals surface area contributed by atoms with Crippen LogP contribution in [0.4, 0.5) is 22.0 Å². The fourth-order valence-electron chi connectivity index (χ4n) is 1.94. The fraction of sp³-hybridized carbons (Fsp3) is 0.143. The lowest BCUT2D eigenvalue weighted by Crippen LogP contribution is -2.06. The van der Waals surface area contributed by atoms with Gasteiger partial charge in [-0.15, -0.1) is 0 Å². The summed E-state index contributed by atoms with van der Waals surface area (Å²) < 4.78 is 64.8. The van der Waals surface area contributed by atoms with Crippen LogP contribution in [0.15, 0.2) is 18.2 Å². The Kier molecular flexibility index (Phi) is 5.83. The first-order chi connectivity index (χ1) is 10.9. The Balaban J connectivity index is 2.85. The molecule has 24 heavy (non-hydrogen) atoms. The van der Waals surface area contributed by atoms with Gasteiger partial charge in [0, 0.05) is 11.1 Å². The van der Waals surface area contributed by atoms with Crippen LogP contribution in [0.5, 0.6) is 0 Å². The van der Waals surface area contributed by atoms with Crippen LogP contribution in [-0.4, -0.2) is 0 Å². The van der Waals surface area contributed by atoms with E-state index in [1.165, 1.54) is 0 Å². The van der Waals surface area contributed by atoms with E-state index in [1.54, 1.807) is 0 Å². The van der Waals surface area contributed by atoms with E-state index in [2.05, 4.69) is 0 Å². The van der Waals surface area contributed by atoms with Crippen molar-refractivity contribution in [2.24, 2.45) is 0 Å². The zero-order valence-electron chi connectivity index (χ0n) is 11.1. The molecule has 0 aromatic heterocycles. The van der Waals surface area contributed by atoms with Gasteiger partial charge in [0.15, 0.2) is 0 Å². The molecule has 0 spiro atoms. The van der Waals surface area contributed by atoms with Gasteiger partial charge in [0.25, 0.3) is 6.43 Å². The molecule has 0 heterocycles. The van der Waals surface area contributed by atoms with Gasteiger partial charge in [-0.3, -0.25) is 0 Å². The predicted molar refractivity (Wildman–Crippen MR) is 86.9 cm³/mol. The van der Waals surface area contributed by atoms with E-state index in [4.69, 9.17) is 58.0 Å². The first-order valence-corrected chi connectivity index (χ1v) is 7.86. The SMILES string of the molecule is FC(F)c1cc(-c2c(Cl)c(Cl)c(Cl)c(Cl)c2Cl)cc(C(F)(F)F)c1. The Morgan fingerprint density at radius 2 is 1.17 bits per heavy atom. The van der Waals surface area contributed by atoms with Crippen molar-refractivity contribution < 1.29 is 22.0 Å². The van der Waals surface area contributed by atoms with E-state index in [9.17, 15) is 22.0 Å². The van der Waals surface area contributed by atoms with E-state index < -0.39 is 23.7 Å². The van der Waals surface area contributed by atoms with Crippen molar-refractivity contribution in [3.63, 3.8) is 0 Å². The maximum atomic E-state index is 13.0. The molecule has 0 atom stereocenters. The van der Waals surface area contributed by atoms with Crippen LogP contribution in [0.25, 0.3) is 11.1 Å². The molecule has 0 amide bonds. The van der Waals surface area contributed by atoms with E-state index in [0.717, 1.165) is 6.07 Å². The lowest BCUT2D eigenvalue weighted by Gasteiger charge is -2.16. The molecule has 2 aromatic rings. The summed E-state index contributed by atoms with van der Waals surface area (Å²) in [5.41, 5.74) is -2.67.